The van der Waals surface area contributed by atoms with Gasteiger partial charge in [0.25, 0.3) is 0 Å². The van der Waals surface area contributed by atoms with Gasteiger partial charge >= 0.3 is 0 Å². The minimum Gasteiger partial charge on any atom is -0.382 e. The summed E-state index contributed by atoms with van der Waals surface area (Å²) < 4.78 is 1.85. The summed E-state index contributed by atoms with van der Waals surface area (Å²) in [5, 5.41) is 3.08. The first-order valence-electron chi connectivity index (χ1n) is 4.56. The predicted octanol–water partition coefficient (Wildman–Crippen LogP) is -0.271. The van der Waals surface area contributed by atoms with E-state index in [4.69, 9.17) is 11.5 Å². The molecule has 0 aliphatic rings. The van der Waals surface area contributed by atoms with E-state index in [9.17, 15) is 0 Å². The zero-order valence-corrected chi connectivity index (χ0v) is 8.60. The van der Waals surface area contributed by atoms with Crippen LogP contribution in [0.1, 0.15) is 13.1 Å². The summed E-state index contributed by atoms with van der Waals surface area (Å²) in [7, 11) is 1.85. The Balaban J connectivity index is 2.68. The zero-order chi connectivity index (χ0) is 11.0. The second kappa shape index (κ2) is 3.35. The SMILES string of the molecule is CN[C@@H](C)n1cnc2c(N)nc(N)nc21. The molecule has 7 nitrogen and oxygen atoms in total. The monoisotopic (exact) mass is 207 g/mol. The average molecular weight is 207 g/mol. The number of nitrogens with two attached hydrogens (primary N) is 2. The van der Waals surface area contributed by atoms with Gasteiger partial charge in [-0.05, 0) is 14.0 Å². The van der Waals surface area contributed by atoms with Crippen molar-refractivity contribution >= 4 is 22.9 Å². The molecule has 15 heavy (non-hydrogen) atoms. The molecule has 0 amide bonds. The molecule has 2 aromatic rings. The number of hydrogen-bond donors (Lipinski definition) is 3. The lowest BCUT2D eigenvalue weighted by Crippen LogP contribution is -2.19. The third-order valence-electron chi connectivity index (χ3n) is 2.30. The van der Waals surface area contributed by atoms with Crippen LogP contribution in [0.15, 0.2) is 6.33 Å². The maximum absolute atomic E-state index is 5.68. The van der Waals surface area contributed by atoms with E-state index in [0.717, 1.165) is 0 Å². The minimum atomic E-state index is 0.0729. The summed E-state index contributed by atoms with van der Waals surface area (Å²) in [5.74, 6) is 0.463. The topological polar surface area (TPSA) is 108 Å². The fraction of sp³-hybridized carbons (Fsp3) is 0.375. The van der Waals surface area contributed by atoms with Crippen molar-refractivity contribution in [2.24, 2.45) is 0 Å². The van der Waals surface area contributed by atoms with Crippen molar-refractivity contribution in [1.29, 1.82) is 0 Å². The fourth-order valence-corrected chi connectivity index (χ4v) is 1.38. The van der Waals surface area contributed by atoms with E-state index in [1.165, 1.54) is 0 Å². The molecule has 0 saturated carbocycles. The maximum Gasteiger partial charge on any atom is 0.224 e. The van der Waals surface area contributed by atoms with Crippen LogP contribution in [-0.4, -0.2) is 26.6 Å². The van der Waals surface area contributed by atoms with E-state index < -0.39 is 0 Å². The second-order valence-corrected chi connectivity index (χ2v) is 3.26. The second-order valence-electron chi connectivity index (χ2n) is 3.26. The van der Waals surface area contributed by atoms with Crippen LogP contribution in [0.4, 0.5) is 11.8 Å². The smallest absolute Gasteiger partial charge is 0.224 e. The van der Waals surface area contributed by atoms with Crippen LogP contribution >= 0.6 is 0 Å². The van der Waals surface area contributed by atoms with Crippen LogP contribution in [0, 0.1) is 0 Å². The highest BCUT2D eigenvalue weighted by Gasteiger charge is 2.12. The Labute approximate surface area is 86.5 Å². The number of nitrogens with one attached hydrogen (secondary N) is 1. The summed E-state index contributed by atoms with van der Waals surface area (Å²) in [5.41, 5.74) is 12.4. The third kappa shape index (κ3) is 1.46. The first-order chi connectivity index (χ1) is 7.13. The summed E-state index contributed by atoms with van der Waals surface area (Å²) in [4.78, 5) is 12.1. The predicted molar refractivity (Wildman–Crippen MR) is 57.9 cm³/mol. The maximum atomic E-state index is 5.68. The molecular formula is C8H13N7. The fourth-order valence-electron chi connectivity index (χ4n) is 1.38. The van der Waals surface area contributed by atoms with Gasteiger partial charge in [-0.3, -0.25) is 4.57 Å². The lowest BCUT2D eigenvalue weighted by molar-refractivity contribution is 0.486. The lowest BCUT2D eigenvalue weighted by Gasteiger charge is -2.12. The van der Waals surface area contributed by atoms with Gasteiger partial charge in [-0.2, -0.15) is 9.97 Å². The molecule has 2 rings (SSSR count). The van der Waals surface area contributed by atoms with Gasteiger partial charge in [0.1, 0.15) is 5.52 Å². The quantitative estimate of drug-likeness (QED) is 0.625. The highest BCUT2D eigenvalue weighted by Crippen LogP contribution is 2.18. The van der Waals surface area contributed by atoms with Crippen LogP contribution < -0.4 is 16.8 Å². The number of fused-ring (bicyclic) bond motifs is 1. The first kappa shape index (κ1) is 9.66. The van der Waals surface area contributed by atoms with Gasteiger partial charge in [0.2, 0.25) is 5.95 Å². The van der Waals surface area contributed by atoms with Gasteiger partial charge in [-0.1, -0.05) is 0 Å². The van der Waals surface area contributed by atoms with Gasteiger partial charge in [0, 0.05) is 0 Å². The molecule has 7 heteroatoms. The Hall–Kier alpha value is -1.89. The van der Waals surface area contributed by atoms with Crippen LogP contribution in [-0.2, 0) is 0 Å². The van der Waals surface area contributed by atoms with Gasteiger partial charge in [0.05, 0.1) is 12.5 Å². The lowest BCUT2D eigenvalue weighted by atomic mass is 10.4. The Kier molecular flexibility index (Phi) is 2.16. The Morgan fingerprint density at radius 2 is 2.13 bits per heavy atom. The molecule has 0 spiro atoms. The van der Waals surface area contributed by atoms with Crippen LogP contribution in [0.3, 0.4) is 0 Å². The highest BCUT2D eigenvalue weighted by atomic mass is 15.2. The number of anilines is 2. The van der Waals surface area contributed by atoms with Crippen LogP contribution in [0.5, 0.6) is 0 Å². The summed E-state index contributed by atoms with van der Waals surface area (Å²) in [6, 6.07) is 0. The zero-order valence-electron chi connectivity index (χ0n) is 8.60. The number of aromatic nitrogens is 4. The number of hydrogen-bond acceptors (Lipinski definition) is 6. The molecule has 5 N–H and O–H groups in total. The molecule has 80 valence electrons. The number of imidazole rings is 1. The van der Waals surface area contributed by atoms with E-state index >= 15 is 0 Å². The standard InChI is InChI=1S/C8H13N7/c1-4(11-2)15-3-12-5-6(9)13-8(10)14-7(5)15/h3-4,11H,1-2H3,(H4,9,10,13,14)/t4-/m1/s1. The highest BCUT2D eigenvalue weighted by molar-refractivity contribution is 5.82. The van der Waals surface area contributed by atoms with E-state index in [2.05, 4.69) is 20.3 Å². The number of nitrogens with zero attached hydrogens (tertiary/aromatic N) is 4. The van der Waals surface area contributed by atoms with E-state index in [1.807, 2.05) is 18.5 Å². The van der Waals surface area contributed by atoms with Crippen LogP contribution in [0.25, 0.3) is 11.2 Å². The van der Waals surface area contributed by atoms with Gasteiger partial charge in [0.15, 0.2) is 11.5 Å². The molecule has 0 radical (unpaired) electrons. The van der Waals surface area contributed by atoms with Gasteiger partial charge < -0.3 is 16.8 Å². The third-order valence-corrected chi connectivity index (χ3v) is 2.30. The van der Waals surface area contributed by atoms with Crippen molar-refractivity contribution in [2.75, 3.05) is 18.5 Å². The first-order valence-corrected chi connectivity index (χ1v) is 4.56. The average Bonchev–Trinajstić information content (AvgIpc) is 2.60. The largest absolute Gasteiger partial charge is 0.382 e. The molecule has 0 aromatic carbocycles. The van der Waals surface area contributed by atoms with E-state index in [1.54, 1.807) is 6.33 Å². The van der Waals surface area contributed by atoms with Crippen molar-refractivity contribution in [1.82, 2.24) is 24.8 Å². The van der Waals surface area contributed by atoms with Crippen molar-refractivity contribution in [3.63, 3.8) is 0 Å². The van der Waals surface area contributed by atoms with Crippen molar-refractivity contribution in [3.8, 4) is 0 Å². The summed E-state index contributed by atoms with van der Waals surface area (Å²) in [6.45, 7) is 1.98. The van der Waals surface area contributed by atoms with E-state index in [0.29, 0.717) is 17.0 Å². The Morgan fingerprint density at radius 1 is 1.40 bits per heavy atom. The molecule has 2 aromatic heterocycles. The molecule has 0 unspecified atom stereocenters. The molecule has 0 aliphatic heterocycles. The van der Waals surface area contributed by atoms with Crippen LogP contribution in [0.2, 0.25) is 0 Å². The van der Waals surface area contributed by atoms with Gasteiger partial charge in [-0.15, -0.1) is 0 Å². The summed E-state index contributed by atoms with van der Waals surface area (Å²) >= 11 is 0. The molecule has 2 heterocycles. The van der Waals surface area contributed by atoms with Gasteiger partial charge in [-0.25, -0.2) is 4.98 Å². The van der Waals surface area contributed by atoms with Crippen molar-refractivity contribution in [3.05, 3.63) is 6.33 Å². The number of nitrogen functional groups attached to an aromatic ring is 2. The van der Waals surface area contributed by atoms with E-state index in [-0.39, 0.29) is 12.1 Å². The molecule has 1 atom stereocenters. The molecule has 0 bridgehead atoms. The Morgan fingerprint density at radius 3 is 2.80 bits per heavy atom. The molecule has 0 saturated heterocycles. The van der Waals surface area contributed by atoms with Crippen molar-refractivity contribution < 1.29 is 0 Å². The molecule has 0 aliphatic carbocycles. The molecule has 0 fully saturated rings. The minimum absolute atomic E-state index is 0.0729. The number of rotatable bonds is 2. The summed E-state index contributed by atoms with van der Waals surface area (Å²) in [6.07, 6.45) is 1.74. The Bertz CT molecular complexity index is 489. The normalized spacial score (nSPS) is 13.2. The van der Waals surface area contributed by atoms with Crippen molar-refractivity contribution in [2.45, 2.75) is 13.1 Å². The molecular weight excluding hydrogens is 194 g/mol.